The minimum absolute atomic E-state index is 0.313. The Hall–Kier alpha value is -0.0700. The maximum absolute atomic E-state index is 11.3. The number of carbonyl (C=O) groups is 1. The molecule has 0 aliphatic heterocycles. The number of esters is 1. The number of nitrogens with zero attached hydrogens (tertiary/aromatic N) is 1. The van der Waals surface area contributed by atoms with Crippen LogP contribution in [-0.2, 0) is 4.74 Å². The molecule has 0 aromatic carbocycles. The van der Waals surface area contributed by atoms with Crippen molar-refractivity contribution in [1.82, 2.24) is 4.98 Å². The van der Waals surface area contributed by atoms with Gasteiger partial charge in [0.2, 0.25) is 0 Å². The summed E-state index contributed by atoms with van der Waals surface area (Å²) >= 11 is 6.06. The lowest BCUT2D eigenvalue weighted by molar-refractivity contribution is 0.0531. The lowest BCUT2D eigenvalue weighted by Crippen LogP contribution is -2.02. The molecule has 0 amide bonds. The van der Waals surface area contributed by atoms with Gasteiger partial charge in [-0.3, -0.25) is 0 Å². The molecule has 13 heavy (non-hydrogen) atoms. The van der Waals surface area contributed by atoms with E-state index in [4.69, 9.17) is 4.74 Å². The van der Waals surface area contributed by atoms with Crippen LogP contribution in [0.5, 0.6) is 0 Å². The van der Waals surface area contributed by atoms with Crippen molar-refractivity contribution < 1.29 is 9.53 Å². The highest BCUT2D eigenvalue weighted by molar-refractivity contribution is 9.10. The molecule has 0 aliphatic rings. The number of halogens is 1. The van der Waals surface area contributed by atoms with E-state index in [1.54, 1.807) is 6.92 Å². The van der Waals surface area contributed by atoms with Crippen molar-refractivity contribution in [2.75, 3.05) is 12.9 Å². The number of aromatic nitrogens is 1. The van der Waals surface area contributed by atoms with Gasteiger partial charge in [-0.05, 0) is 29.1 Å². The van der Waals surface area contributed by atoms with E-state index >= 15 is 0 Å². The van der Waals surface area contributed by atoms with Gasteiger partial charge in [0, 0.05) is 0 Å². The Morgan fingerprint density at radius 1 is 1.77 bits per heavy atom. The number of rotatable bonds is 3. The number of ether oxygens (including phenoxy) is 1. The summed E-state index contributed by atoms with van der Waals surface area (Å²) in [5.74, 6) is -0.313. The minimum Gasteiger partial charge on any atom is -0.462 e. The van der Waals surface area contributed by atoms with Gasteiger partial charge in [-0.2, -0.15) is 0 Å². The molecule has 0 saturated heterocycles. The van der Waals surface area contributed by atoms with Gasteiger partial charge in [-0.1, -0.05) is 23.1 Å². The van der Waals surface area contributed by atoms with Crippen molar-refractivity contribution >= 4 is 45.0 Å². The number of thioether (sulfide) groups is 1. The van der Waals surface area contributed by atoms with Gasteiger partial charge in [0.15, 0.2) is 4.34 Å². The van der Waals surface area contributed by atoms with Gasteiger partial charge in [-0.15, -0.1) is 0 Å². The Bertz CT molecular complexity index is 313. The van der Waals surface area contributed by atoms with E-state index in [2.05, 4.69) is 20.9 Å². The van der Waals surface area contributed by atoms with Crippen LogP contribution in [-0.4, -0.2) is 23.8 Å². The smallest absolute Gasteiger partial charge is 0.351 e. The summed E-state index contributed by atoms with van der Waals surface area (Å²) in [7, 11) is 0. The van der Waals surface area contributed by atoms with Crippen molar-refractivity contribution in [3.63, 3.8) is 0 Å². The van der Waals surface area contributed by atoms with Crippen LogP contribution in [0.3, 0.4) is 0 Å². The molecule has 0 aliphatic carbocycles. The highest BCUT2D eigenvalue weighted by atomic mass is 79.9. The van der Waals surface area contributed by atoms with Gasteiger partial charge in [0.1, 0.15) is 9.48 Å². The third-order valence-electron chi connectivity index (χ3n) is 1.20. The van der Waals surface area contributed by atoms with Crippen LogP contribution in [0.15, 0.2) is 8.94 Å². The van der Waals surface area contributed by atoms with Crippen LogP contribution in [0, 0.1) is 0 Å². The van der Waals surface area contributed by atoms with Crippen LogP contribution in [0.4, 0.5) is 0 Å². The van der Waals surface area contributed by atoms with E-state index in [0.717, 1.165) is 4.34 Å². The van der Waals surface area contributed by atoms with Gasteiger partial charge in [0.25, 0.3) is 0 Å². The molecule has 1 aromatic rings. The molecule has 1 rings (SSSR count). The first kappa shape index (κ1) is 11.0. The first-order valence-electron chi connectivity index (χ1n) is 3.56. The molecule has 0 saturated carbocycles. The summed E-state index contributed by atoms with van der Waals surface area (Å²) in [5.41, 5.74) is 0. The van der Waals surface area contributed by atoms with Crippen LogP contribution < -0.4 is 0 Å². The first-order chi connectivity index (χ1) is 6.19. The monoisotopic (exact) mass is 281 g/mol. The number of thiazole rings is 1. The van der Waals surface area contributed by atoms with Gasteiger partial charge in [0.05, 0.1) is 6.61 Å². The van der Waals surface area contributed by atoms with Gasteiger partial charge < -0.3 is 4.74 Å². The number of hydrogen-bond acceptors (Lipinski definition) is 5. The Morgan fingerprint density at radius 3 is 2.92 bits per heavy atom. The molecule has 0 bridgehead atoms. The van der Waals surface area contributed by atoms with Crippen molar-refractivity contribution in [2.24, 2.45) is 0 Å². The van der Waals surface area contributed by atoms with Crippen LogP contribution in [0.2, 0.25) is 0 Å². The molecule has 0 spiro atoms. The summed E-state index contributed by atoms with van der Waals surface area (Å²) in [5, 5.41) is 0. The zero-order valence-electron chi connectivity index (χ0n) is 7.17. The largest absolute Gasteiger partial charge is 0.462 e. The predicted molar refractivity (Wildman–Crippen MR) is 57.6 cm³/mol. The zero-order valence-corrected chi connectivity index (χ0v) is 10.4. The quantitative estimate of drug-likeness (QED) is 0.631. The third kappa shape index (κ3) is 2.69. The molecule has 0 unspecified atom stereocenters. The van der Waals surface area contributed by atoms with Crippen molar-refractivity contribution in [3.8, 4) is 0 Å². The molecule has 6 heteroatoms. The minimum atomic E-state index is -0.313. The Kier molecular flexibility index (Phi) is 4.21. The third-order valence-corrected chi connectivity index (χ3v) is 4.06. The highest BCUT2D eigenvalue weighted by Gasteiger charge is 2.16. The first-order valence-corrected chi connectivity index (χ1v) is 6.40. The lowest BCUT2D eigenvalue weighted by Gasteiger charge is -1.96. The van der Waals surface area contributed by atoms with Crippen molar-refractivity contribution in [2.45, 2.75) is 11.3 Å². The molecule has 0 N–H and O–H groups in total. The van der Waals surface area contributed by atoms with E-state index in [9.17, 15) is 4.79 Å². The fraction of sp³-hybridized carbons (Fsp3) is 0.429. The standard InChI is InChI=1S/C7H8BrNO2S2/c1-3-11-6(10)4-5(8)9-7(12-2)13-4/h3H2,1-2H3. The fourth-order valence-corrected chi connectivity index (χ4v) is 2.86. The van der Waals surface area contributed by atoms with Crippen LogP contribution >= 0.6 is 39.0 Å². The Balaban J connectivity index is 2.87. The molecule has 3 nitrogen and oxygen atoms in total. The molecular weight excluding hydrogens is 274 g/mol. The summed E-state index contributed by atoms with van der Waals surface area (Å²) in [4.78, 5) is 16.0. The van der Waals surface area contributed by atoms with E-state index in [-0.39, 0.29) is 5.97 Å². The SMILES string of the molecule is CCOC(=O)c1sc(SC)nc1Br. The maximum Gasteiger partial charge on any atom is 0.351 e. The molecule has 0 fully saturated rings. The lowest BCUT2D eigenvalue weighted by atomic mass is 10.6. The van der Waals surface area contributed by atoms with Gasteiger partial charge >= 0.3 is 5.97 Å². The second kappa shape index (κ2) is 4.97. The Labute approximate surface area is 93.0 Å². The van der Waals surface area contributed by atoms with Crippen molar-refractivity contribution in [1.29, 1.82) is 0 Å². The average molecular weight is 282 g/mol. The summed E-state index contributed by atoms with van der Waals surface area (Å²) in [6.45, 7) is 2.17. The molecule has 0 atom stereocenters. The van der Waals surface area contributed by atoms with Crippen molar-refractivity contribution in [3.05, 3.63) is 9.48 Å². The highest BCUT2D eigenvalue weighted by Crippen LogP contribution is 2.29. The topological polar surface area (TPSA) is 39.2 Å². The average Bonchev–Trinajstić information content (AvgIpc) is 2.47. The number of hydrogen-bond donors (Lipinski definition) is 0. The molecule has 1 aromatic heterocycles. The fourth-order valence-electron chi connectivity index (χ4n) is 0.693. The summed E-state index contributed by atoms with van der Waals surface area (Å²) in [6.07, 6.45) is 1.92. The van der Waals surface area contributed by atoms with E-state index in [1.807, 2.05) is 6.26 Å². The zero-order chi connectivity index (χ0) is 9.84. The molecule has 1 heterocycles. The second-order valence-corrected chi connectivity index (χ2v) is 4.83. The molecular formula is C7H8BrNO2S2. The Morgan fingerprint density at radius 2 is 2.46 bits per heavy atom. The van der Waals surface area contributed by atoms with Crippen LogP contribution in [0.1, 0.15) is 16.6 Å². The molecule has 0 radical (unpaired) electrons. The predicted octanol–water partition coefficient (Wildman–Crippen LogP) is 2.80. The summed E-state index contributed by atoms with van der Waals surface area (Å²) < 4.78 is 6.28. The summed E-state index contributed by atoms with van der Waals surface area (Å²) in [6, 6.07) is 0. The maximum atomic E-state index is 11.3. The van der Waals surface area contributed by atoms with Crippen LogP contribution in [0.25, 0.3) is 0 Å². The number of carbonyl (C=O) groups excluding carboxylic acids is 1. The van der Waals surface area contributed by atoms with E-state index in [0.29, 0.717) is 16.1 Å². The van der Waals surface area contributed by atoms with E-state index in [1.165, 1.54) is 23.1 Å². The molecule has 72 valence electrons. The normalized spacial score (nSPS) is 10.1. The van der Waals surface area contributed by atoms with Gasteiger partial charge in [-0.25, -0.2) is 9.78 Å². The second-order valence-electron chi connectivity index (χ2n) is 2.02. The van der Waals surface area contributed by atoms with E-state index < -0.39 is 0 Å².